The maximum atomic E-state index is 12.1. The van der Waals surface area contributed by atoms with Crippen molar-refractivity contribution in [3.05, 3.63) is 0 Å². The van der Waals surface area contributed by atoms with Crippen molar-refractivity contribution in [3.8, 4) is 0 Å². The Labute approximate surface area is 109 Å². The predicted octanol–water partition coefficient (Wildman–Crippen LogP) is 0.109. The Kier molecular flexibility index (Phi) is 4.60. The quantitative estimate of drug-likeness (QED) is 0.792. The highest BCUT2D eigenvalue weighted by molar-refractivity contribution is 7.87. The molecule has 0 aromatic carbocycles. The van der Waals surface area contributed by atoms with Gasteiger partial charge in [0, 0.05) is 26.2 Å². The molecule has 0 aromatic heterocycles. The first kappa shape index (κ1) is 14.2. The summed E-state index contributed by atoms with van der Waals surface area (Å²) >= 11 is 0. The molecule has 3 atom stereocenters. The molecule has 3 unspecified atom stereocenters. The Morgan fingerprint density at radius 2 is 1.94 bits per heavy atom. The third kappa shape index (κ3) is 3.64. The van der Waals surface area contributed by atoms with Gasteiger partial charge in [0.15, 0.2) is 0 Å². The van der Waals surface area contributed by atoms with Gasteiger partial charge in [0.05, 0.1) is 18.3 Å². The molecule has 18 heavy (non-hydrogen) atoms. The van der Waals surface area contributed by atoms with Crippen LogP contribution in [-0.4, -0.2) is 57.3 Å². The maximum absolute atomic E-state index is 12.1. The minimum atomic E-state index is -3.41. The second-order valence-electron chi connectivity index (χ2n) is 5.06. The van der Waals surface area contributed by atoms with Crippen LogP contribution in [0.25, 0.3) is 0 Å². The number of rotatable bonds is 4. The summed E-state index contributed by atoms with van der Waals surface area (Å²) in [5, 5.41) is 0. The molecular weight excluding hydrogens is 256 g/mol. The lowest BCUT2D eigenvalue weighted by atomic mass is 10.2. The molecule has 2 fully saturated rings. The molecule has 2 saturated heterocycles. The highest BCUT2D eigenvalue weighted by Gasteiger charge is 2.31. The van der Waals surface area contributed by atoms with E-state index < -0.39 is 10.2 Å². The summed E-state index contributed by atoms with van der Waals surface area (Å²) in [6.45, 7) is 5.69. The average molecular weight is 278 g/mol. The molecule has 6 nitrogen and oxygen atoms in total. The van der Waals surface area contributed by atoms with Crippen LogP contribution >= 0.6 is 0 Å². The van der Waals surface area contributed by atoms with E-state index in [-0.39, 0.29) is 18.3 Å². The number of ether oxygens (including phenoxy) is 2. The molecule has 2 rings (SSSR count). The number of hydrogen-bond acceptors (Lipinski definition) is 4. The Morgan fingerprint density at radius 3 is 2.50 bits per heavy atom. The topological polar surface area (TPSA) is 67.9 Å². The van der Waals surface area contributed by atoms with E-state index >= 15 is 0 Å². The number of nitrogens with zero attached hydrogens (tertiary/aromatic N) is 1. The molecule has 0 spiro atoms. The summed E-state index contributed by atoms with van der Waals surface area (Å²) < 4.78 is 39.3. The first-order chi connectivity index (χ1) is 8.47. The largest absolute Gasteiger partial charge is 0.377 e. The Bertz CT molecular complexity index is 357. The van der Waals surface area contributed by atoms with Crippen molar-refractivity contribution in [3.63, 3.8) is 0 Å². The molecule has 2 aliphatic heterocycles. The minimum absolute atomic E-state index is 0.0238. The zero-order chi connectivity index (χ0) is 13.2. The summed E-state index contributed by atoms with van der Waals surface area (Å²) in [4.78, 5) is 0. The molecule has 0 aliphatic carbocycles. The van der Waals surface area contributed by atoms with E-state index in [2.05, 4.69) is 4.72 Å². The van der Waals surface area contributed by atoms with Crippen molar-refractivity contribution >= 4 is 10.2 Å². The summed E-state index contributed by atoms with van der Waals surface area (Å²) in [7, 11) is -3.41. The van der Waals surface area contributed by atoms with Gasteiger partial charge in [-0.2, -0.15) is 17.4 Å². The minimum Gasteiger partial charge on any atom is -0.377 e. The van der Waals surface area contributed by atoms with Crippen LogP contribution < -0.4 is 4.72 Å². The SMILES string of the molecule is CC1CN(S(=O)(=O)NCC2CCCO2)CC(C)O1. The maximum Gasteiger partial charge on any atom is 0.279 e. The number of nitrogens with one attached hydrogen (secondary N) is 1. The third-order valence-electron chi connectivity index (χ3n) is 3.24. The zero-order valence-electron chi connectivity index (χ0n) is 11.0. The summed E-state index contributed by atoms with van der Waals surface area (Å²) in [5.74, 6) is 0. The van der Waals surface area contributed by atoms with Crippen molar-refractivity contribution in [2.24, 2.45) is 0 Å². The van der Waals surface area contributed by atoms with Gasteiger partial charge in [-0.3, -0.25) is 0 Å². The fourth-order valence-corrected chi connectivity index (χ4v) is 3.81. The van der Waals surface area contributed by atoms with Crippen molar-refractivity contribution in [2.75, 3.05) is 26.2 Å². The second kappa shape index (κ2) is 5.83. The molecule has 0 radical (unpaired) electrons. The molecule has 7 heteroatoms. The molecular formula is C11H22N2O4S. The van der Waals surface area contributed by atoms with Crippen molar-refractivity contribution < 1.29 is 17.9 Å². The zero-order valence-corrected chi connectivity index (χ0v) is 11.8. The molecule has 1 N–H and O–H groups in total. The molecule has 2 aliphatic rings. The first-order valence-electron chi connectivity index (χ1n) is 6.49. The third-order valence-corrected chi connectivity index (χ3v) is 4.75. The smallest absolute Gasteiger partial charge is 0.279 e. The van der Waals surface area contributed by atoms with Gasteiger partial charge in [-0.05, 0) is 26.7 Å². The molecule has 0 aromatic rings. The van der Waals surface area contributed by atoms with Crippen LogP contribution in [-0.2, 0) is 19.7 Å². The fourth-order valence-electron chi connectivity index (χ4n) is 2.42. The molecule has 106 valence electrons. The van der Waals surface area contributed by atoms with Crippen LogP contribution in [0.15, 0.2) is 0 Å². The number of hydrogen-bond donors (Lipinski definition) is 1. The van der Waals surface area contributed by atoms with E-state index in [1.165, 1.54) is 4.31 Å². The lowest BCUT2D eigenvalue weighted by Gasteiger charge is -2.34. The van der Waals surface area contributed by atoms with Crippen LogP contribution in [0.5, 0.6) is 0 Å². The van der Waals surface area contributed by atoms with E-state index in [1.54, 1.807) is 0 Å². The van der Waals surface area contributed by atoms with Crippen LogP contribution in [0.3, 0.4) is 0 Å². The van der Waals surface area contributed by atoms with E-state index in [9.17, 15) is 8.42 Å². The fraction of sp³-hybridized carbons (Fsp3) is 1.00. The van der Waals surface area contributed by atoms with E-state index in [4.69, 9.17) is 9.47 Å². The average Bonchev–Trinajstić information content (AvgIpc) is 2.78. The summed E-state index contributed by atoms with van der Waals surface area (Å²) in [6.07, 6.45) is 1.84. The van der Waals surface area contributed by atoms with Crippen molar-refractivity contribution in [2.45, 2.75) is 45.0 Å². The standard InChI is InChI=1S/C11H22N2O4S/c1-9-7-13(8-10(2)17-9)18(14,15)12-6-11-4-3-5-16-11/h9-12H,3-8H2,1-2H3. The van der Waals surface area contributed by atoms with E-state index in [1.807, 2.05) is 13.8 Å². The van der Waals surface area contributed by atoms with E-state index in [0.29, 0.717) is 19.6 Å². The Hall–Kier alpha value is -0.210. The second-order valence-corrected chi connectivity index (χ2v) is 6.82. The lowest BCUT2D eigenvalue weighted by Crippen LogP contribution is -2.52. The molecule has 2 heterocycles. The van der Waals surface area contributed by atoms with Crippen LogP contribution in [0.1, 0.15) is 26.7 Å². The number of morpholine rings is 1. The van der Waals surface area contributed by atoms with Crippen LogP contribution in [0.2, 0.25) is 0 Å². The van der Waals surface area contributed by atoms with Gasteiger partial charge in [-0.25, -0.2) is 0 Å². The Morgan fingerprint density at radius 1 is 1.28 bits per heavy atom. The highest BCUT2D eigenvalue weighted by atomic mass is 32.2. The molecule has 0 amide bonds. The highest BCUT2D eigenvalue weighted by Crippen LogP contribution is 2.15. The summed E-state index contributed by atoms with van der Waals surface area (Å²) in [5.41, 5.74) is 0. The molecule has 0 saturated carbocycles. The normalized spacial score (nSPS) is 34.9. The van der Waals surface area contributed by atoms with Crippen molar-refractivity contribution in [1.82, 2.24) is 9.03 Å². The van der Waals surface area contributed by atoms with E-state index in [0.717, 1.165) is 19.4 Å². The van der Waals surface area contributed by atoms with Gasteiger partial charge in [0.1, 0.15) is 0 Å². The monoisotopic (exact) mass is 278 g/mol. The van der Waals surface area contributed by atoms with Crippen LogP contribution in [0.4, 0.5) is 0 Å². The van der Waals surface area contributed by atoms with Gasteiger partial charge in [-0.15, -0.1) is 0 Å². The lowest BCUT2D eigenvalue weighted by molar-refractivity contribution is -0.0444. The molecule has 0 bridgehead atoms. The van der Waals surface area contributed by atoms with Gasteiger partial charge in [0.2, 0.25) is 0 Å². The first-order valence-corrected chi connectivity index (χ1v) is 7.93. The van der Waals surface area contributed by atoms with Crippen LogP contribution in [0, 0.1) is 0 Å². The Balaban J connectivity index is 1.88. The van der Waals surface area contributed by atoms with Gasteiger partial charge in [0.25, 0.3) is 10.2 Å². The predicted molar refractivity (Wildman–Crippen MR) is 67.5 cm³/mol. The summed E-state index contributed by atoms with van der Waals surface area (Å²) in [6, 6.07) is 0. The van der Waals surface area contributed by atoms with Gasteiger partial charge < -0.3 is 9.47 Å². The van der Waals surface area contributed by atoms with Gasteiger partial charge in [-0.1, -0.05) is 0 Å². The van der Waals surface area contributed by atoms with Crippen molar-refractivity contribution in [1.29, 1.82) is 0 Å². The van der Waals surface area contributed by atoms with Gasteiger partial charge >= 0.3 is 0 Å².